The molecule has 0 radical (unpaired) electrons. The van der Waals surface area contributed by atoms with E-state index in [2.05, 4.69) is 47.9 Å². The second-order valence-electron chi connectivity index (χ2n) is 5.60. The van der Waals surface area contributed by atoms with Crippen molar-refractivity contribution in [1.29, 1.82) is 0 Å². The SMILES string of the molecule is CCCn1c(CN)c(Cc2ccccc2)c2cc(Cl)ccc21. The number of halogens is 1. The number of aromatic nitrogens is 1. The van der Waals surface area contributed by atoms with E-state index in [1.54, 1.807) is 0 Å². The van der Waals surface area contributed by atoms with Gasteiger partial charge in [-0.15, -0.1) is 0 Å². The average Bonchev–Trinajstić information content (AvgIpc) is 2.81. The van der Waals surface area contributed by atoms with Gasteiger partial charge in [-0.25, -0.2) is 0 Å². The predicted molar refractivity (Wildman–Crippen MR) is 94.4 cm³/mol. The first-order valence-electron chi connectivity index (χ1n) is 7.78. The average molecular weight is 313 g/mol. The van der Waals surface area contributed by atoms with Crippen LogP contribution in [0.4, 0.5) is 0 Å². The van der Waals surface area contributed by atoms with E-state index in [9.17, 15) is 0 Å². The Kier molecular flexibility index (Phi) is 4.51. The molecule has 0 atom stereocenters. The van der Waals surface area contributed by atoms with Gasteiger partial charge in [0.1, 0.15) is 0 Å². The smallest absolute Gasteiger partial charge is 0.0486 e. The fourth-order valence-corrected chi connectivity index (χ4v) is 3.33. The molecule has 2 aromatic carbocycles. The van der Waals surface area contributed by atoms with Crippen molar-refractivity contribution in [1.82, 2.24) is 4.57 Å². The third-order valence-corrected chi connectivity index (χ3v) is 4.35. The molecule has 0 saturated heterocycles. The van der Waals surface area contributed by atoms with Gasteiger partial charge in [0, 0.05) is 34.7 Å². The molecule has 0 bridgehead atoms. The molecule has 0 aliphatic carbocycles. The van der Waals surface area contributed by atoms with Gasteiger partial charge >= 0.3 is 0 Å². The molecule has 0 aliphatic rings. The van der Waals surface area contributed by atoms with E-state index < -0.39 is 0 Å². The van der Waals surface area contributed by atoms with E-state index >= 15 is 0 Å². The van der Waals surface area contributed by atoms with Gasteiger partial charge in [0.25, 0.3) is 0 Å². The fourth-order valence-electron chi connectivity index (χ4n) is 3.16. The molecule has 3 aromatic rings. The molecule has 0 saturated carbocycles. The molecular weight excluding hydrogens is 292 g/mol. The topological polar surface area (TPSA) is 30.9 Å². The summed E-state index contributed by atoms with van der Waals surface area (Å²) >= 11 is 6.23. The lowest BCUT2D eigenvalue weighted by molar-refractivity contribution is 0.664. The standard InChI is InChI=1S/C19H21ClN2/c1-2-10-22-18-9-8-15(20)12-17(18)16(19(22)13-21)11-14-6-4-3-5-7-14/h3-9,12H,2,10-11,13,21H2,1H3. The molecule has 0 amide bonds. The summed E-state index contributed by atoms with van der Waals surface area (Å²) in [6.45, 7) is 3.73. The van der Waals surface area contributed by atoms with Crippen molar-refractivity contribution >= 4 is 22.5 Å². The minimum Gasteiger partial charge on any atom is -0.343 e. The van der Waals surface area contributed by atoms with Crippen LogP contribution in [0.15, 0.2) is 48.5 Å². The number of fused-ring (bicyclic) bond motifs is 1. The van der Waals surface area contributed by atoms with Gasteiger partial charge in [-0.2, -0.15) is 0 Å². The Hall–Kier alpha value is -1.77. The number of hydrogen-bond donors (Lipinski definition) is 1. The van der Waals surface area contributed by atoms with Gasteiger partial charge in [-0.05, 0) is 42.2 Å². The Bertz CT molecular complexity index is 775. The zero-order valence-electron chi connectivity index (χ0n) is 12.8. The quantitative estimate of drug-likeness (QED) is 0.724. The van der Waals surface area contributed by atoms with E-state index in [0.29, 0.717) is 6.54 Å². The van der Waals surface area contributed by atoms with Crippen LogP contribution in [0.5, 0.6) is 0 Å². The summed E-state index contributed by atoms with van der Waals surface area (Å²) in [6.07, 6.45) is 1.98. The maximum atomic E-state index is 6.23. The van der Waals surface area contributed by atoms with Crippen LogP contribution < -0.4 is 5.73 Å². The fraction of sp³-hybridized carbons (Fsp3) is 0.263. The van der Waals surface area contributed by atoms with Crippen molar-refractivity contribution in [2.45, 2.75) is 32.9 Å². The van der Waals surface area contributed by atoms with Gasteiger partial charge in [0.15, 0.2) is 0 Å². The highest BCUT2D eigenvalue weighted by atomic mass is 35.5. The zero-order chi connectivity index (χ0) is 15.5. The van der Waals surface area contributed by atoms with Crippen LogP contribution in [-0.4, -0.2) is 4.57 Å². The van der Waals surface area contributed by atoms with Gasteiger partial charge in [0.05, 0.1) is 0 Å². The summed E-state index contributed by atoms with van der Waals surface area (Å²) in [5.41, 5.74) is 11.1. The van der Waals surface area contributed by atoms with E-state index in [1.165, 1.54) is 27.7 Å². The van der Waals surface area contributed by atoms with E-state index in [4.69, 9.17) is 17.3 Å². The highest BCUT2D eigenvalue weighted by Crippen LogP contribution is 2.31. The first-order valence-corrected chi connectivity index (χ1v) is 8.16. The third kappa shape index (κ3) is 2.77. The number of rotatable bonds is 5. The van der Waals surface area contributed by atoms with Crippen LogP contribution >= 0.6 is 11.6 Å². The normalized spacial score (nSPS) is 11.2. The molecule has 1 heterocycles. The second-order valence-corrected chi connectivity index (χ2v) is 6.04. The molecule has 0 spiro atoms. The first-order chi connectivity index (χ1) is 10.7. The maximum Gasteiger partial charge on any atom is 0.0486 e. The van der Waals surface area contributed by atoms with Crippen LogP contribution in [0.25, 0.3) is 10.9 Å². The summed E-state index contributed by atoms with van der Waals surface area (Å²) < 4.78 is 2.35. The Labute approximate surface area is 136 Å². The predicted octanol–water partition coefficient (Wildman–Crippen LogP) is 4.75. The van der Waals surface area contributed by atoms with Gasteiger partial charge in [-0.3, -0.25) is 0 Å². The van der Waals surface area contributed by atoms with Crippen LogP contribution in [0.1, 0.15) is 30.2 Å². The largest absolute Gasteiger partial charge is 0.343 e. The van der Waals surface area contributed by atoms with Crippen molar-refractivity contribution < 1.29 is 0 Å². The van der Waals surface area contributed by atoms with Crippen molar-refractivity contribution in [2.75, 3.05) is 0 Å². The summed E-state index contributed by atoms with van der Waals surface area (Å²) in [6, 6.07) is 16.7. The highest BCUT2D eigenvalue weighted by Gasteiger charge is 2.16. The Morgan fingerprint density at radius 2 is 1.86 bits per heavy atom. The van der Waals surface area contributed by atoms with E-state index in [-0.39, 0.29) is 0 Å². The molecule has 0 aliphatic heterocycles. The summed E-state index contributed by atoms with van der Waals surface area (Å²) in [5.74, 6) is 0. The number of hydrogen-bond acceptors (Lipinski definition) is 1. The minimum atomic E-state index is 0.550. The van der Waals surface area contributed by atoms with Crippen LogP contribution in [0.3, 0.4) is 0 Å². The van der Waals surface area contributed by atoms with Crippen molar-refractivity contribution in [2.24, 2.45) is 5.73 Å². The van der Waals surface area contributed by atoms with Gasteiger partial charge < -0.3 is 10.3 Å². The Balaban J connectivity index is 2.20. The second kappa shape index (κ2) is 6.55. The molecule has 114 valence electrons. The van der Waals surface area contributed by atoms with Crippen LogP contribution in [-0.2, 0) is 19.5 Å². The third-order valence-electron chi connectivity index (χ3n) is 4.11. The summed E-state index contributed by atoms with van der Waals surface area (Å²) in [4.78, 5) is 0. The van der Waals surface area contributed by atoms with Crippen molar-refractivity contribution in [3.8, 4) is 0 Å². The number of aryl methyl sites for hydroxylation is 1. The first kappa shape index (κ1) is 15.1. The number of nitrogens with zero attached hydrogens (tertiary/aromatic N) is 1. The molecule has 0 unspecified atom stereocenters. The molecule has 0 fully saturated rings. The maximum absolute atomic E-state index is 6.23. The van der Waals surface area contributed by atoms with Gasteiger partial charge in [-0.1, -0.05) is 48.9 Å². The number of benzene rings is 2. The van der Waals surface area contributed by atoms with Gasteiger partial charge in [0.2, 0.25) is 0 Å². The lowest BCUT2D eigenvalue weighted by atomic mass is 10.0. The lowest BCUT2D eigenvalue weighted by Crippen LogP contribution is -2.09. The summed E-state index contributed by atoms with van der Waals surface area (Å²) in [5, 5.41) is 2.00. The van der Waals surface area contributed by atoms with E-state index in [1.807, 2.05) is 12.1 Å². The molecule has 3 rings (SSSR count). The number of nitrogens with two attached hydrogens (primary N) is 1. The highest BCUT2D eigenvalue weighted by molar-refractivity contribution is 6.31. The molecule has 2 N–H and O–H groups in total. The van der Waals surface area contributed by atoms with E-state index in [0.717, 1.165) is 24.4 Å². The molecule has 22 heavy (non-hydrogen) atoms. The zero-order valence-corrected chi connectivity index (χ0v) is 13.6. The van der Waals surface area contributed by atoms with Crippen molar-refractivity contribution in [3.63, 3.8) is 0 Å². The Morgan fingerprint density at radius 3 is 2.55 bits per heavy atom. The minimum absolute atomic E-state index is 0.550. The molecule has 1 aromatic heterocycles. The van der Waals surface area contributed by atoms with Crippen LogP contribution in [0, 0.1) is 0 Å². The summed E-state index contributed by atoms with van der Waals surface area (Å²) in [7, 11) is 0. The molecule has 2 nitrogen and oxygen atoms in total. The van der Waals surface area contributed by atoms with Crippen LogP contribution in [0.2, 0.25) is 5.02 Å². The van der Waals surface area contributed by atoms with Crippen molar-refractivity contribution in [3.05, 3.63) is 70.4 Å². The molecular formula is C19H21ClN2. The Morgan fingerprint density at radius 1 is 1.09 bits per heavy atom. The lowest BCUT2D eigenvalue weighted by Gasteiger charge is -2.09. The molecule has 3 heteroatoms. The monoisotopic (exact) mass is 312 g/mol.